The quantitative estimate of drug-likeness (QED) is 0.523. The van der Waals surface area contributed by atoms with Crippen molar-refractivity contribution in [1.29, 1.82) is 0 Å². The first-order valence-electron chi connectivity index (χ1n) is 7.12. The number of aromatic hydroxyl groups is 1. The number of nitrogens with zero attached hydrogens (tertiary/aromatic N) is 2. The third kappa shape index (κ3) is 4.76. The van der Waals surface area contributed by atoms with Crippen LogP contribution in [0.25, 0.3) is 0 Å². The van der Waals surface area contributed by atoms with Gasteiger partial charge < -0.3 is 19.4 Å². The Morgan fingerprint density at radius 1 is 1.46 bits per heavy atom. The maximum atomic E-state index is 11.2. The van der Waals surface area contributed by atoms with Crippen LogP contribution < -0.4 is 4.74 Å². The number of hydrogen-bond acceptors (Lipinski definition) is 7. The van der Waals surface area contributed by atoms with Gasteiger partial charge in [0.05, 0.1) is 6.21 Å². The smallest absolute Gasteiger partial charge is 0.329 e. The number of benzene rings is 1. The van der Waals surface area contributed by atoms with Crippen LogP contribution in [-0.4, -0.2) is 38.2 Å². The molecule has 2 aromatic rings. The molecule has 0 unspecified atom stereocenters. The van der Waals surface area contributed by atoms with Crippen molar-refractivity contribution >= 4 is 24.8 Å². The lowest BCUT2D eigenvalue weighted by Gasteiger charge is -2.21. The van der Waals surface area contributed by atoms with Gasteiger partial charge in [-0.15, -0.1) is 0 Å². The number of thiol groups is 1. The fourth-order valence-corrected chi connectivity index (χ4v) is 2.05. The van der Waals surface area contributed by atoms with E-state index in [0.717, 1.165) is 6.21 Å². The van der Waals surface area contributed by atoms with Crippen LogP contribution in [0.1, 0.15) is 25.4 Å². The van der Waals surface area contributed by atoms with Crippen LogP contribution in [-0.2, 0) is 11.4 Å². The van der Waals surface area contributed by atoms with Crippen molar-refractivity contribution in [1.82, 2.24) is 4.98 Å². The van der Waals surface area contributed by atoms with E-state index in [1.165, 1.54) is 0 Å². The first-order valence-corrected chi connectivity index (χ1v) is 7.57. The van der Waals surface area contributed by atoms with E-state index in [0.29, 0.717) is 5.75 Å². The highest BCUT2D eigenvalue weighted by atomic mass is 32.1. The predicted octanol–water partition coefficient (Wildman–Crippen LogP) is 2.54. The number of carboxylic acids is 1. The normalized spacial score (nSPS) is 13.1. The molecule has 1 atom stereocenters. The summed E-state index contributed by atoms with van der Waals surface area (Å²) in [4.78, 5) is 19.2. The Kier molecular flexibility index (Phi) is 5.50. The highest BCUT2D eigenvalue weighted by Gasteiger charge is 2.31. The van der Waals surface area contributed by atoms with Crippen molar-refractivity contribution in [2.24, 2.45) is 4.99 Å². The second kappa shape index (κ2) is 7.39. The molecule has 2 N–H and O–H groups in total. The molecule has 0 radical (unpaired) electrons. The standard InChI is InChI=1S/C16H18N2O5S/c1-16(2,24)13(14(19)20)17-8-11-15(21)23-12(18-11)9-22-10-6-4-3-5-7-10/h3-8,13,21,24H,9H2,1-2H3,(H,19,20)/t13-/m0/s1. The fraction of sp³-hybridized carbons (Fsp3) is 0.312. The van der Waals surface area contributed by atoms with E-state index in [1.54, 1.807) is 26.0 Å². The Hall–Kier alpha value is -2.48. The highest BCUT2D eigenvalue weighted by Crippen LogP contribution is 2.22. The minimum atomic E-state index is -1.12. The number of hydrogen-bond donors (Lipinski definition) is 3. The largest absolute Gasteiger partial charge is 0.484 e. The zero-order chi connectivity index (χ0) is 17.7. The molecule has 0 fully saturated rings. The van der Waals surface area contributed by atoms with Gasteiger partial charge in [-0.3, -0.25) is 4.99 Å². The molecule has 0 aliphatic heterocycles. The zero-order valence-electron chi connectivity index (χ0n) is 13.2. The van der Waals surface area contributed by atoms with Crippen molar-refractivity contribution in [3.8, 4) is 11.7 Å². The van der Waals surface area contributed by atoms with E-state index in [9.17, 15) is 15.0 Å². The summed E-state index contributed by atoms with van der Waals surface area (Å²) < 4.78 is 9.66. The lowest BCUT2D eigenvalue weighted by Crippen LogP contribution is -2.36. The van der Waals surface area contributed by atoms with Gasteiger partial charge in [-0.2, -0.15) is 12.6 Å². The van der Waals surface area contributed by atoms with Crippen molar-refractivity contribution < 1.29 is 24.2 Å². The molecular weight excluding hydrogens is 332 g/mol. The van der Waals surface area contributed by atoms with E-state index in [2.05, 4.69) is 22.6 Å². The minimum Gasteiger partial charge on any atom is -0.484 e. The molecule has 8 heteroatoms. The second-order valence-electron chi connectivity index (χ2n) is 5.57. The molecule has 24 heavy (non-hydrogen) atoms. The Bertz CT molecular complexity index is 722. The number of aliphatic imine (C=N–C) groups is 1. The Morgan fingerprint density at radius 3 is 2.71 bits per heavy atom. The molecular formula is C16H18N2O5S. The number of para-hydroxylation sites is 1. The molecule has 1 aromatic heterocycles. The number of ether oxygens (including phenoxy) is 1. The van der Waals surface area contributed by atoms with Gasteiger partial charge in [-0.05, 0) is 26.0 Å². The molecule has 0 aliphatic rings. The lowest BCUT2D eigenvalue weighted by molar-refractivity contribution is -0.138. The van der Waals surface area contributed by atoms with Gasteiger partial charge in [0.1, 0.15) is 5.75 Å². The summed E-state index contributed by atoms with van der Waals surface area (Å²) in [5.41, 5.74) is 0.0329. The fourth-order valence-electron chi connectivity index (χ4n) is 1.87. The average Bonchev–Trinajstić information content (AvgIpc) is 2.85. The van der Waals surface area contributed by atoms with Crippen molar-refractivity contribution in [2.45, 2.75) is 31.2 Å². The van der Waals surface area contributed by atoms with Crippen LogP contribution in [0, 0.1) is 0 Å². The SMILES string of the molecule is CC(C)(S)[C@@H](N=Cc1nc(COc2ccccc2)oc1O)C(=O)O. The van der Waals surface area contributed by atoms with E-state index in [4.69, 9.17) is 9.15 Å². The molecule has 0 aliphatic carbocycles. The molecule has 1 aromatic carbocycles. The van der Waals surface area contributed by atoms with Crippen molar-refractivity contribution in [2.75, 3.05) is 0 Å². The summed E-state index contributed by atoms with van der Waals surface area (Å²) in [6, 6.07) is 7.97. The Morgan fingerprint density at radius 2 is 2.12 bits per heavy atom. The third-order valence-electron chi connectivity index (χ3n) is 3.03. The van der Waals surface area contributed by atoms with E-state index >= 15 is 0 Å². The van der Waals surface area contributed by atoms with Crippen molar-refractivity contribution in [3.63, 3.8) is 0 Å². The first kappa shape index (κ1) is 17.9. The number of aliphatic carboxylic acids is 1. The molecule has 0 amide bonds. The van der Waals surface area contributed by atoms with Gasteiger partial charge in [0.25, 0.3) is 0 Å². The van der Waals surface area contributed by atoms with E-state index in [-0.39, 0.29) is 18.2 Å². The minimum absolute atomic E-state index is 0.0197. The van der Waals surface area contributed by atoms with Crippen molar-refractivity contribution in [3.05, 3.63) is 41.9 Å². The van der Waals surface area contributed by atoms with Crippen LogP contribution in [0.4, 0.5) is 0 Å². The van der Waals surface area contributed by atoms with Gasteiger partial charge in [-0.25, -0.2) is 9.78 Å². The maximum Gasteiger partial charge on any atom is 0.329 e. The molecule has 0 bridgehead atoms. The monoisotopic (exact) mass is 350 g/mol. The maximum absolute atomic E-state index is 11.2. The molecule has 2 rings (SSSR count). The predicted molar refractivity (Wildman–Crippen MR) is 91.0 cm³/mol. The summed E-state index contributed by atoms with van der Waals surface area (Å²) in [6.07, 6.45) is 1.15. The number of carbonyl (C=O) groups is 1. The molecule has 128 valence electrons. The van der Waals surface area contributed by atoms with Gasteiger partial charge in [0.2, 0.25) is 5.89 Å². The van der Waals surface area contributed by atoms with Gasteiger partial charge in [0, 0.05) is 4.75 Å². The summed E-state index contributed by atoms with van der Waals surface area (Å²) in [6.45, 7) is 3.29. The topological polar surface area (TPSA) is 105 Å². The summed E-state index contributed by atoms with van der Waals surface area (Å²) in [5.74, 6) is -0.795. The van der Waals surface area contributed by atoms with Gasteiger partial charge >= 0.3 is 11.9 Å². The Balaban J connectivity index is 2.08. The van der Waals surface area contributed by atoms with Gasteiger partial charge in [-0.1, -0.05) is 18.2 Å². The summed E-state index contributed by atoms with van der Waals surface area (Å²) >= 11 is 4.22. The summed E-state index contributed by atoms with van der Waals surface area (Å²) in [5, 5.41) is 18.9. The van der Waals surface area contributed by atoms with E-state index < -0.39 is 22.7 Å². The number of rotatable bonds is 7. The number of oxazole rings is 1. The van der Waals surface area contributed by atoms with Crippen LogP contribution in [0.5, 0.6) is 11.7 Å². The highest BCUT2D eigenvalue weighted by molar-refractivity contribution is 7.81. The van der Waals surface area contributed by atoms with Crippen LogP contribution in [0.2, 0.25) is 0 Å². The van der Waals surface area contributed by atoms with Gasteiger partial charge in [0.15, 0.2) is 18.3 Å². The van der Waals surface area contributed by atoms with E-state index in [1.807, 2.05) is 18.2 Å². The number of aromatic nitrogens is 1. The van der Waals surface area contributed by atoms with Crippen LogP contribution >= 0.6 is 12.6 Å². The molecule has 0 spiro atoms. The summed E-state index contributed by atoms with van der Waals surface area (Å²) in [7, 11) is 0. The molecule has 7 nitrogen and oxygen atoms in total. The average molecular weight is 350 g/mol. The third-order valence-corrected chi connectivity index (χ3v) is 3.28. The van der Waals surface area contributed by atoms with Crippen LogP contribution in [0.15, 0.2) is 39.7 Å². The molecule has 0 saturated carbocycles. The second-order valence-corrected chi connectivity index (χ2v) is 6.72. The first-order chi connectivity index (χ1) is 11.3. The lowest BCUT2D eigenvalue weighted by atomic mass is 10.0. The Labute approximate surface area is 144 Å². The number of carboxylic acid groups (broad SMARTS) is 1. The molecule has 1 heterocycles. The van der Waals surface area contributed by atoms with Crippen LogP contribution in [0.3, 0.4) is 0 Å². The molecule has 0 saturated heterocycles. The zero-order valence-corrected chi connectivity index (χ0v) is 14.1.